The Hall–Kier alpha value is -2.13. The maximum atomic E-state index is 10.1. The highest BCUT2D eigenvalue weighted by atomic mass is 79.9. The Labute approximate surface area is 153 Å². The summed E-state index contributed by atoms with van der Waals surface area (Å²) in [4.78, 5) is 2.95. The summed E-state index contributed by atoms with van der Waals surface area (Å²) in [5.41, 5.74) is 4.52. The number of nitrogens with two attached hydrogens (primary N) is 1. The Morgan fingerprint density at radius 3 is 2.68 bits per heavy atom. The van der Waals surface area contributed by atoms with Crippen molar-refractivity contribution < 1.29 is 19.2 Å². The third kappa shape index (κ3) is 1.63. The SMILES string of the molecule is COc1ccc([C@H]2[C@@]3(C#N)[C@]4([NH+]=C(N)[C@@]23C#N)OC[C@@H](C)O4)cc1Br. The number of ether oxygens (including phenoxy) is 3. The smallest absolute Gasteiger partial charge is 0.343 e. The fourth-order valence-electron chi connectivity index (χ4n) is 4.33. The Balaban J connectivity index is 1.89. The maximum absolute atomic E-state index is 10.1. The molecular weight excluding hydrogens is 388 g/mol. The van der Waals surface area contributed by atoms with Crippen molar-refractivity contribution in [1.82, 2.24) is 0 Å². The van der Waals surface area contributed by atoms with Crippen molar-refractivity contribution in [2.45, 2.75) is 24.9 Å². The van der Waals surface area contributed by atoms with Crippen LogP contribution in [0, 0.1) is 33.5 Å². The van der Waals surface area contributed by atoms with Crippen LogP contribution >= 0.6 is 15.9 Å². The number of rotatable bonds is 2. The Bertz CT molecular complexity index is 891. The number of methoxy groups -OCH3 is 1. The molecule has 4 rings (SSSR count). The number of fused-ring (bicyclic) bond motifs is 2. The number of nitrogens with one attached hydrogen (secondary N) is 1. The Morgan fingerprint density at radius 1 is 1.40 bits per heavy atom. The highest BCUT2D eigenvalue weighted by molar-refractivity contribution is 9.10. The van der Waals surface area contributed by atoms with Crippen LogP contribution < -0.4 is 15.5 Å². The van der Waals surface area contributed by atoms with Gasteiger partial charge in [-0.2, -0.15) is 10.5 Å². The van der Waals surface area contributed by atoms with Gasteiger partial charge in [-0.15, -0.1) is 0 Å². The zero-order valence-electron chi connectivity index (χ0n) is 13.7. The standard InChI is InChI=1S/C17H15BrN4O3/c1-9-6-24-17(25-9)16(8-20)13(15(16,7-19)14(21)22-17)10-3-4-12(23-2)11(18)5-10/h3-5,9,13H,6H2,1-2H3,(H2,21,22)/p+1/t9-,13-,15-,16-,17+/m1/s1. The summed E-state index contributed by atoms with van der Waals surface area (Å²) in [6.45, 7) is 2.18. The van der Waals surface area contributed by atoms with Crippen molar-refractivity contribution >= 4 is 21.8 Å². The molecule has 1 saturated carbocycles. The van der Waals surface area contributed by atoms with Crippen LogP contribution in [0.25, 0.3) is 0 Å². The van der Waals surface area contributed by atoms with E-state index < -0.39 is 22.7 Å². The minimum Gasteiger partial charge on any atom is -0.496 e. The summed E-state index contributed by atoms with van der Waals surface area (Å²) in [5, 5.41) is 20.0. The van der Waals surface area contributed by atoms with Crippen molar-refractivity contribution in [2.24, 2.45) is 16.6 Å². The fourth-order valence-corrected chi connectivity index (χ4v) is 4.88. The summed E-state index contributed by atoms with van der Waals surface area (Å²) < 4.78 is 17.8. The molecule has 7 nitrogen and oxygen atoms in total. The monoisotopic (exact) mass is 403 g/mol. The van der Waals surface area contributed by atoms with Gasteiger partial charge in [0.2, 0.25) is 0 Å². The highest BCUT2D eigenvalue weighted by Crippen LogP contribution is 2.79. The van der Waals surface area contributed by atoms with Crippen LogP contribution in [0.15, 0.2) is 22.7 Å². The molecule has 0 unspecified atom stereocenters. The normalized spacial score (nSPS) is 40.9. The van der Waals surface area contributed by atoms with Crippen molar-refractivity contribution in [3.8, 4) is 17.9 Å². The average molecular weight is 404 g/mol. The highest BCUT2D eigenvalue weighted by Gasteiger charge is 2.97. The van der Waals surface area contributed by atoms with Gasteiger partial charge >= 0.3 is 5.91 Å². The predicted octanol–water partition coefficient (Wildman–Crippen LogP) is 0.115. The Morgan fingerprint density at radius 2 is 2.16 bits per heavy atom. The van der Waals surface area contributed by atoms with Crippen LogP contribution in [0.5, 0.6) is 5.75 Å². The Kier molecular flexibility index (Phi) is 3.24. The summed E-state index contributed by atoms with van der Waals surface area (Å²) in [5.74, 6) is -0.998. The third-order valence-electron chi connectivity index (χ3n) is 5.40. The molecule has 0 radical (unpaired) electrons. The molecule has 1 aromatic carbocycles. The van der Waals surface area contributed by atoms with Crippen molar-refractivity contribution in [3.05, 3.63) is 28.2 Å². The second kappa shape index (κ2) is 4.95. The molecule has 0 aromatic heterocycles. The van der Waals surface area contributed by atoms with Gasteiger partial charge in [-0.05, 0) is 40.5 Å². The van der Waals surface area contributed by atoms with Gasteiger partial charge in [0.15, 0.2) is 10.8 Å². The number of hydrogen-bond acceptors (Lipinski definition) is 6. The van der Waals surface area contributed by atoms with E-state index in [1.807, 2.05) is 19.1 Å². The lowest BCUT2D eigenvalue weighted by atomic mass is 9.94. The van der Waals surface area contributed by atoms with E-state index in [1.54, 1.807) is 13.2 Å². The molecule has 3 aliphatic rings. The van der Waals surface area contributed by atoms with Gasteiger partial charge in [-0.3, -0.25) is 5.73 Å². The molecule has 2 aliphatic heterocycles. The first-order chi connectivity index (χ1) is 11.9. The molecular formula is C17H16BrN4O3+. The predicted molar refractivity (Wildman–Crippen MR) is 88.9 cm³/mol. The first-order valence-corrected chi connectivity index (χ1v) is 8.60. The molecule has 1 spiro atoms. The van der Waals surface area contributed by atoms with Crippen LogP contribution in [0.1, 0.15) is 18.4 Å². The second-order valence-corrected chi connectivity index (χ2v) is 7.42. The van der Waals surface area contributed by atoms with Crippen molar-refractivity contribution in [2.75, 3.05) is 13.7 Å². The molecule has 1 aliphatic carbocycles. The lowest BCUT2D eigenvalue weighted by Gasteiger charge is -2.24. The van der Waals surface area contributed by atoms with E-state index >= 15 is 0 Å². The van der Waals surface area contributed by atoms with Gasteiger partial charge in [-0.25, -0.2) is 4.99 Å². The fraction of sp³-hybridized carbons (Fsp3) is 0.471. The molecule has 8 heteroatoms. The summed E-state index contributed by atoms with van der Waals surface area (Å²) in [6.07, 6.45) is -0.205. The first-order valence-electron chi connectivity index (χ1n) is 7.81. The van der Waals surface area contributed by atoms with Gasteiger partial charge in [0, 0.05) is 5.92 Å². The molecule has 25 heavy (non-hydrogen) atoms. The topological polar surface area (TPSA) is 115 Å². The number of nitrogens with zero attached hydrogens (tertiary/aromatic N) is 2. The molecule has 1 aromatic rings. The minimum atomic E-state index is -1.40. The summed E-state index contributed by atoms with van der Waals surface area (Å²) in [6, 6.07) is 10.0. The van der Waals surface area contributed by atoms with Gasteiger partial charge in [0.25, 0.3) is 5.84 Å². The van der Waals surface area contributed by atoms with E-state index in [2.05, 4.69) is 33.1 Å². The zero-order chi connectivity index (χ0) is 18.0. The second-order valence-electron chi connectivity index (χ2n) is 6.56. The maximum Gasteiger partial charge on any atom is 0.343 e. The van der Waals surface area contributed by atoms with Crippen LogP contribution in [0.3, 0.4) is 0 Å². The first kappa shape index (κ1) is 16.3. The lowest BCUT2D eigenvalue weighted by Crippen LogP contribution is -2.90. The number of benzene rings is 1. The largest absolute Gasteiger partial charge is 0.496 e. The van der Waals surface area contributed by atoms with E-state index in [1.165, 1.54) is 0 Å². The van der Waals surface area contributed by atoms with Crippen LogP contribution in [-0.2, 0) is 9.47 Å². The molecule has 2 heterocycles. The molecule has 2 fully saturated rings. The molecule has 1 saturated heterocycles. The molecule has 128 valence electrons. The van der Waals surface area contributed by atoms with Crippen LogP contribution in [0.2, 0.25) is 0 Å². The summed E-state index contributed by atoms with van der Waals surface area (Å²) in [7, 11) is 1.57. The van der Waals surface area contributed by atoms with E-state index in [-0.39, 0.29) is 11.9 Å². The van der Waals surface area contributed by atoms with Gasteiger partial charge in [0.05, 0.1) is 36.4 Å². The van der Waals surface area contributed by atoms with Crippen molar-refractivity contribution in [1.29, 1.82) is 10.5 Å². The average Bonchev–Trinajstić information content (AvgIpc) is 2.99. The van der Waals surface area contributed by atoms with E-state index in [4.69, 9.17) is 19.9 Å². The van der Waals surface area contributed by atoms with Gasteiger partial charge < -0.3 is 14.2 Å². The quantitative estimate of drug-likeness (QED) is 0.724. The van der Waals surface area contributed by atoms with E-state index in [0.717, 1.165) is 10.0 Å². The van der Waals surface area contributed by atoms with Crippen LogP contribution in [-0.4, -0.2) is 31.6 Å². The molecule has 0 bridgehead atoms. The minimum absolute atomic E-state index is 0.205. The van der Waals surface area contributed by atoms with E-state index in [9.17, 15) is 10.5 Å². The van der Waals surface area contributed by atoms with Crippen LogP contribution in [0.4, 0.5) is 0 Å². The molecule has 0 amide bonds. The summed E-state index contributed by atoms with van der Waals surface area (Å²) >= 11 is 3.45. The number of halogens is 1. The third-order valence-corrected chi connectivity index (χ3v) is 6.02. The number of nitriles is 2. The van der Waals surface area contributed by atoms with Gasteiger partial charge in [0.1, 0.15) is 5.75 Å². The molecule has 5 atom stereocenters. The zero-order valence-corrected chi connectivity index (χ0v) is 15.3. The number of hydrogen-bond donors (Lipinski definition) is 2. The number of amidine groups is 1. The van der Waals surface area contributed by atoms with Gasteiger partial charge in [-0.1, -0.05) is 6.07 Å². The van der Waals surface area contributed by atoms with Crippen molar-refractivity contribution in [3.63, 3.8) is 0 Å². The molecule has 3 N–H and O–H groups in total. The van der Waals surface area contributed by atoms with E-state index in [0.29, 0.717) is 12.4 Å². The lowest BCUT2D eigenvalue weighted by molar-refractivity contribution is -0.677.